The summed E-state index contributed by atoms with van der Waals surface area (Å²) in [4.78, 5) is 5.11. The van der Waals surface area contributed by atoms with Crippen LogP contribution in [-0.2, 0) is 4.74 Å². The Kier molecular flexibility index (Phi) is 3.78. The molecule has 2 bridgehead atoms. The number of hydrogen-bond acceptors (Lipinski definition) is 3. The van der Waals surface area contributed by atoms with Gasteiger partial charge in [-0.15, -0.1) is 0 Å². The second kappa shape index (κ2) is 5.81. The fraction of sp³-hybridized carbons (Fsp3) is 0.500. The number of rotatable bonds is 3. The molecular formula is C20H26N2O. The van der Waals surface area contributed by atoms with Crippen molar-refractivity contribution in [3.05, 3.63) is 54.1 Å². The van der Waals surface area contributed by atoms with E-state index in [1.807, 2.05) is 0 Å². The van der Waals surface area contributed by atoms with Crippen LogP contribution in [0.2, 0.25) is 0 Å². The molecule has 2 saturated heterocycles. The van der Waals surface area contributed by atoms with Crippen molar-refractivity contribution in [3.63, 3.8) is 0 Å². The number of anilines is 1. The molecule has 4 atom stereocenters. The van der Waals surface area contributed by atoms with E-state index in [9.17, 15) is 0 Å². The normalized spacial score (nSPS) is 33.1. The fourth-order valence-electron chi connectivity index (χ4n) is 4.13. The Bertz CT molecular complexity index is 607. The zero-order valence-electron chi connectivity index (χ0n) is 14.2. The Hall–Kier alpha value is -1.58. The van der Waals surface area contributed by atoms with Gasteiger partial charge < -0.3 is 9.64 Å². The van der Waals surface area contributed by atoms with Crippen LogP contribution in [0, 0.1) is 18.8 Å². The molecule has 23 heavy (non-hydrogen) atoms. The summed E-state index contributed by atoms with van der Waals surface area (Å²) in [5.41, 5.74) is 2.57. The van der Waals surface area contributed by atoms with Crippen LogP contribution >= 0.6 is 0 Å². The van der Waals surface area contributed by atoms with E-state index in [1.165, 1.54) is 11.3 Å². The van der Waals surface area contributed by atoms with Crippen LogP contribution in [0.3, 0.4) is 0 Å². The number of hydrogen-bond donors (Lipinski definition) is 0. The van der Waals surface area contributed by atoms with Gasteiger partial charge in [-0.1, -0.05) is 55.8 Å². The number of nitrogens with zero attached hydrogens (tertiary/aromatic N) is 2. The van der Waals surface area contributed by atoms with Gasteiger partial charge in [-0.05, 0) is 25.0 Å². The maximum absolute atomic E-state index is 6.38. The largest absolute Gasteiger partial charge is 0.355 e. The second-order valence-electron chi connectivity index (χ2n) is 7.33. The molecule has 2 fully saturated rings. The van der Waals surface area contributed by atoms with Crippen molar-refractivity contribution in [2.75, 3.05) is 18.2 Å². The van der Waals surface area contributed by atoms with Crippen molar-refractivity contribution < 1.29 is 4.74 Å². The first-order valence-electron chi connectivity index (χ1n) is 8.71. The molecule has 1 aromatic carbocycles. The molecule has 0 N–H and O–H groups in total. The van der Waals surface area contributed by atoms with Crippen LogP contribution in [0.15, 0.2) is 48.6 Å². The molecule has 0 saturated carbocycles. The molecule has 3 nitrogen and oxygen atoms in total. The van der Waals surface area contributed by atoms with E-state index in [1.54, 1.807) is 0 Å². The van der Waals surface area contributed by atoms with Crippen LogP contribution in [0.5, 0.6) is 0 Å². The number of allylic oxidation sites excluding steroid dienone is 2. The lowest BCUT2D eigenvalue weighted by atomic mass is 9.93. The van der Waals surface area contributed by atoms with Gasteiger partial charge in [0.2, 0.25) is 0 Å². The van der Waals surface area contributed by atoms with Gasteiger partial charge >= 0.3 is 0 Å². The van der Waals surface area contributed by atoms with E-state index in [2.05, 4.69) is 79.1 Å². The highest BCUT2D eigenvalue weighted by Gasteiger charge is 2.50. The first-order chi connectivity index (χ1) is 11.1. The summed E-state index contributed by atoms with van der Waals surface area (Å²) in [5.74, 6) is 1.06. The molecule has 0 amide bonds. The van der Waals surface area contributed by atoms with E-state index in [4.69, 9.17) is 4.74 Å². The van der Waals surface area contributed by atoms with Gasteiger partial charge in [0.1, 0.15) is 6.23 Å². The summed E-state index contributed by atoms with van der Waals surface area (Å²) in [6, 6.07) is 9.74. The first kappa shape index (κ1) is 15.0. The van der Waals surface area contributed by atoms with E-state index < -0.39 is 0 Å². The predicted octanol–water partition coefficient (Wildman–Crippen LogP) is 3.57. The third-order valence-corrected chi connectivity index (χ3v) is 5.47. The minimum atomic E-state index is 0.144. The van der Waals surface area contributed by atoms with E-state index in [0.29, 0.717) is 23.9 Å². The fourth-order valence-corrected chi connectivity index (χ4v) is 4.13. The molecule has 4 rings (SSSR count). The summed E-state index contributed by atoms with van der Waals surface area (Å²) in [5, 5.41) is 0. The van der Waals surface area contributed by atoms with Crippen molar-refractivity contribution in [2.45, 2.75) is 39.1 Å². The molecule has 1 aliphatic carbocycles. The summed E-state index contributed by atoms with van der Waals surface area (Å²) >= 11 is 0. The third-order valence-electron chi connectivity index (χ3n) is 5.47. The van der Waals surface area contributed by atoms with Gasteiger partial charge in [-0.3, -0.25) is 4.90 Å². The summed E-state index contributed by atoms with van der Waals surface area (Å²) in [6.07, 6.45) is 9.11. The lowest BCUT2D eigenvalue weighted by Gasteiger charge is -2.42. The van der Waals surface area contributed by atoms with Crippen molar-refractivity contribution >= 4 is 5.69 Å². The van der Waals surface area contributed by atoms with Crippen molar-refractivity contribution in [1.82, 2.24) is 4.90 Å². The minimum Gasteiger partial charge on any atom is -0.355 e. The lowest BCUT2D eigenvalue weighted by molar-refractivity contribution is -0.0755. The maximum atomic E-state index is 6.38. The van der Waals surface area contributed by atoms with Gasteiger partial charge in [0, 0.05) is 17.6 Å². The Morgan fingerprint density at radius 1 is 1.09 bits per heavy atom. The summed E-state index contributed by atoms with van der Waals surface area (Å²) in [6.45, 7) is 8.54. The molecule has 0 radical (unpaired) electrons. The minimum absolute atomic E-state index is 0.144. The molecular weight excluding hydrogens is 284 g/mol. The van der Waals surface area contributed by atoms with Crippen LogP contribution in [0.25, 0.3) is 0 Å². The average molecular weight is 310 g/mol. The highest BCUT2D eigenvalue weighted by Crippen LogP contribution is 2.39. The Morgan fingerprint density at radius 2 is 1.78 bits per heavy atom. The third kappa shape index (κ3) is 2.52. The quantitative estimate of drug-likeness (QED) is 0.849. The van der Waals surface area contributed by atoms with Gasteiger partial charge in [0.25, 0.3) is 0 Å². The van der Waals surface area contributed by atoms with Gasteiger partial charge in [0.15, 0.2) is 0 Å². The van der Waals surface area contributed by atoms with Crippen molar-refractivity contribution in [1.29, 1.82) is 0 Å². The zero-order valence-corrected chi connectivity index (χ0v) is 14.2. The van der Waals surface area contributed by atoms with Crippen LogP contribution in [-0.4, -0.2) is 36.5 Å². The smallest absolute Gasteiger partial charge is 0.147 e. The Morgan fingerprint density at radius 3 is 2.43 bits per heavy atom. The monoisotopic (exact) mass is 310 g/mol. The van der Waals surface area contributed by atoms with Gasteiger partial charge in [-0.2, -0.15) is 0 Å². The number of morpholine rings is 1. The number of fused-ring (bicyclic) bond motifs is 2. The molecule has 0 aromatic heterocycles. The molecule has 122 valence electrons. The summed E-state index contributed by atoms with van der Waals surface area (Å²) in [7, 11) is 0. The van der Waals surface area contributed by atoms with E-state index in [0.717, 1.165) is 13.3 Å². The average Bonchev–Trinajstić information content (AvgIpc) is 3.13. The molecule has 0 spiro atoms. The predicted molar refractivity (Wildman–Crippen MR) is 94.3 cm³/mol. The topological polar surface area (TPSA) is 15.7 Å². The highest BCUT2D eigenvalue weighted by molar-refractivity contribution is 5.50. The van der Waals surface area contributed by atoms with E-state index >= 15 is 0 Å². The molecule has 2 aliphatic heterocycles. The molecule has 1 unspecified atom stereocenters. The molecule has 3 aliphatic rings. The standard InChI is InChI=1S/C20H26N2O/c1-14(2)18-12-23-20-19(16-6-4-5-7-16)22(18)13-21(20)17-10-8-15(3)9-11-17/h4-11,14,16,18-20H,12-13H2,1-3H3/t18-,19+,20-/m1/s1. The summed E-state index contributed by atoms with van der Waals surface area (Å²) < 4.78 is 6.38. The van der Waals surface area contributed by atoms with Crippen LogP contribution in [0.4, 0.5) is 5.69 Å². The SMILES string of the molecule is Cc1ccc(N2CN3[C@@H](C(C)C)CO[C@@H]2[C@@H]3C2C=CC=C2)cc1. The highest BCUT2D eigenvalue weighted by atomic mass is 16.5. The lowest BCUT2D eigenvalue weighted by Crippen LogP contribution is -2.55. The van der Waals surface area contributed by atoms with Gasteiger partial charge in [0.05, 0.1) is 19.3 Å². The number of ether oxygens (including phenoxy) is 1. The Balaban J connectivity index is 1.67. The Labute approximate surface area is 139 Å². The molecule has 3 heteroatoms. The van der Waals surface area contributed by atoms with Gasteiger partial charge in [-0.25, -0.2) is 0 Å². The number of benzene rings is 1. The van der Waals surface area contributed by atoms with E-state index in [-0.39, 0.29) is 6.23 Å². The maximum Gasteiger partial charge on any atom is 0.147 e. The molecule has 2 heterocycles. The molecule has 1 aromatic rings. The second-order valence-corrected chi connectivity index (χ2v) is 7.33. The number of aryl methyl sites for hydroxylation is 1. The van der Waals surface area contributed by atoms with Crippen molar-refractivity contribution in [3.8, 4) is 0 Å². The van der Waals surface area contributed by atoms with Crippen LogP contribution in [0.1, 0.15) is 19.4 Å². The van der Waals surface area contributed by atoms with Crippen molar-refractivity contribution in [2.24, 2.45) is 11.8 Å². The first-order valence-corrected chi connectivity index (χ1v) is 8.71. The zero-order chi connectivity index (χ0) is 16.0. The van der Waals surface area contributed by atoms with Crippen LogP contribution < -0.4 is 4.90 Å².